The maximum atomic E-state index is 7.11. The summed E-state index contributed by atoms with van der Waals surface area (Å²) in [6.45, 7) is 6.43. The molecule has 0 aliphatic carbocycles. The van der Waals surface area contributed by atoms with E-state index >= 15 is 0 Å². The third-order valence-corrected chi connectivity index (χ3v) is 17.7. The Kier molecular flexibility index (Phi) is 11.6. The molecular weight excluding hydrogens is 1070 g/mol. The molecule has 0 spiro atoms. The lowest BCUT2D eigenvalue weighted by molar-refractivity contribution is -0.00876. The number of rotatable bonds is 9. The monoisotopic (exact) mass is 1120 g/mol. The average Bonchev–Trinajstić information content (AvgIpc) is 4.23. The number of aromatic nitrogens is 4. The van der Waals surface area contributed by atoms with Crippen LogP contribution in [0, 0.1) is 0 Å². The van der Waals surface area contributed by atoms with Gasteiger partial charge >= 0.3 is 7.12 Å². The molecule has 0 bridgehead atoms. The van der Waals surface area contributed by atoms with E-state index in [-0.39, 0.29) is 0 Å². The molecule has 1 atom stereocenters. The molecule has 10 aromatic carbocycles. The van der Waals surface area contributed by atoms with Crippen molar-refractivity contribution in [3.05, 3.63) is 241 Å². The van der Waals surface area contributed by atoms with Gasteiger partial charge in [-0.3, -0.25) is 0 Å². The molecule has 1 fully saturated rings. The molecule has 5 heterocycles. The van der Waals surface area contributed by atoms with E-state index in [0.29, 0.717) is 23.9 Å². The van der Waals surface area contributed by atoms with Gasteiger partial charge in [-0.15, -0.1) is 0 Å². The second-order valence-electron chi connectivity index (χ2n) is 21.4. The number of fused-ring (bicyclic) bond motifs is 8. The Labute approximate surface area is 476 Å². The van der Waals surface area contributed by atoms with Crippen molar-refractivity contribution in [1.29, 1.82) is 0 Å². The number of hydrogen-bond acceptors (Lipinski definition) is 8. The van der Waals surface area contributed by atoms with Crippen molar-refractivity contribution in [3.8, 4) is 51.0 Å². The molecule has 384 valence electrons. The van der Waals surface area contributed by atoms with Crippen molar-refractivity contribution in [2.45, 2.75) is 48.2 Å². The van der Waals surface area contributed by atoms with Crippen molar-refractivity contribution >= 4 is 101 Å². The fourth-order valence-electron chi connectivity index (χ4n) is 11.7. The molecule has 15 rings (SSSR count). The van der Waals surface area contributed by atoms with Crippen LogP contribution in [0.1, 0.15) is 26.3 Å². The first-order valence-corrected chi connectivity index (χ1v) is 28.5. The van der Waals surface area contributed by atoms with Crippen LogP contribution in [-0.2, 0) is 15.7 Å². The first-order valence-electron chi connectivity index (χ1n) is 26.9. The normalized spacial score (nSPS) is 15.8. The summed E-state index contributed by atoms with van der Waals surface area (Å²) in [6.07, 6.45) is 0.590. The molecule has 1 unspecified atom stereocenters. The summed E-state index contributed by atoms with van der Waals surface area (Å²) in [5, 5.41) is 4.58. The molecular formula is C69H49BBrN5O3S. The largest absolute Gasteiger partial charge is 0.494 e. The van der Waals surface area contributed by atoms with Crippen molar-refractivity contribution in [3.63, 3.8) is 0 Å². The SMILES string of the molecule is CC1(C)OB(c2cccc(-c3ccc4c(c3)Sc3ccccc3N4c3cccc4c3oc3ccccc34)c2)OC1(C)Cc1cccc(-c2nc(-c3ccccc3)nc(-c3cccc(-n4c5ccccc5c5cc(Br)ccc54)c3)n2)c1. The van der Waals surface area contributed by atoms with Gasteiger partial charge in [-0.25, -0.2) is 15.0 Å². The average molecular weight is 1120 g/mol. The predicted octanol–water partition coefficient (Wildman–Crippen LogP) is 17.8. The minimum absolute atomic E-state index is 0.587. The van der Waals surface area contributed by atoms with Gasteiger partial charge in [0.15, 0.2) is 23.1 Å². The van der Waals surface area contributed by atoms with Crippen LogP contribution in [0.4, 0.5) is 17.1 Å². The minimum Gasteiger partial charge on any atom is -0.454 e. The fraction of sp³-hybridized carbons (Fsp3) is 0.0870. The van der Waals surface area contributed by atoms with Crippen molar-refractivity contribution in [2.24, 2.45) is 0 Å². The highest BCUT2D eigenvalue weighted by Gasteiger charge is 2.54. The molecule has 3 aromatic heterocycles. The van der Waals surface area contributed by atoms with Gasteiger partial charge in [-0.1, -0.05) is 179 Å². The number of halogens is 1. The molecule has 8 nitrogen and oxygen atoms in total. The van der Waals surface area contributed by atoms with Crippen LogP contribution >= 0.6 is 27.7 Å². The summed E-state index contributed by atoms with van der Waals surface area (Å²) in [4.78, 5) is 20.2. The molecule has 2 aliphatic heterocycles. The van der Waals surface area contributed by atoms with Gasteiger partial charge in [0.1, 0.15) is 5.58 Å². The van der Waals surface area contributed by atoms with E-state index in [4.69, 9.17) is 28.7 Å². The Morgan fingerprint density at radius 2 is 1.11 bits per heavy atom. The second kappa shape index (κ2) is 19.1. The predicted molar refractivity (Wildman–Crippen MR) is 330 cm³/mol. The number of para-hydroxylation sites is 4. The van der Waals surface area contributed by atoms with Crippen LogP contribution in [0.25, 0.3) is 94.7 Å². The summed E-state index contributed by atoms with van der Waals surface area (Å²) in [5.74, 6) is 1.78. The molecule has 0 radical (unpaired) electrons. The number of benzene rings is 10. The highest BCUT2D eigenvalue weighted by atomic mass is 79.9. The lowest BCUT2D eigenvalue weighted by atomic mass is 9.78. The topological polar surface area (TPSA) is 78.4 Å². The molecule has 80 heavy (non-hydrogen) atoms. The molecule has 11 heteroatoms. The Hall–Kier alpha value is -8.58. The van der Waals surface area contributed by atoms with Gasteiger partial charge < -0.3 is 23.2 Å². The quantitative estimate of drug-likeness (QED) is 0.132. The molecule has 13 aromatic rings. The van der Waals surface area contributed by atoms with Crippen LogP contribution in [0.2, 0.25) is 0 Å². The zero-order valence-corrected chi connectivity index (χ0v) is 46.4. The summed E-state index contributed by atoms with van der Waals surface area (Å²) in [6, 6.07) is 80.8. The lowest BCUT2D eigenvalue weighted by Gasteiger charge is -2.36. The Morgan fingerprint density at radius 3 is 1.98 bits per heavy atom. The Morgan fingerprint density at radius 1 is 0.475 bits per heavy atom. The zero-order chi connectivity index (χ0) is 53.7. The van der Waals surface area contributed by atoms with Gasteiger partial charge in [0, 0.05) is 64.6 Å². The van der Waals surface area contributed by atoms with Gasteiger partial charge in [0.25, 0.3) is 0 Å². The summed E-state index contributed by atoms with van der Waals surface area (Å²) in [7, 11) is -0.587. The summed E-state index contributed by atoms with van der Waals surface area (Å²) in [5.41, 5.74) is 13.8. The molecule has 0 amide bonds. The van der Waals surface area contributed by atoms with Crippen LogP contribution in [0.3, 0.4) is 0 Å². The number of furan rings is 1. The van der Waals surface area contributed by atoms with Gasteiger partial charge in [0.05, 0.1) is 39.3 Å². The molecule has 0 N–H and O–H groups in total. The van der Waals surface area contributed by atoms with Crippen molar-refractivity contribution in [1.82, 2.24) is 19.5 Å². The standard InChI is InChI=1S/C69H49BBrN5O3S/c1-68(2)69(3,79-70(78-68)49-23-14-20-45(38-49)46-33-35-59-63(40-46)80-62-32-12-10-29-58(62)76(59)60-30-16-27-54-53-26-8-11-31-61(53)77-64(54)60)42-43-17-13-21-47(37-43)66-72-65(44-18-5-4-6-19-44)73-67(74-66)48-22-15-24-51(39-48)75-56-28-9-7-25-52(56)55-41-50(71)34-36-57(55)75/h4-41H,42H2,1-3H3. The van der Waals surface area contributed by atoms with E-state index in [1.807, 2.05) is 42.5 Å². The number of anilines is 3. The Bertz CT molecular complexity index is 4620. The van der Waals surface area contributed by atoms with E-state index in [2.05, 4.69) is 234 Å². The van der Waals surface area contributed by atoms with E-state index < -0.39 is 18.3 Å². The first-order chi connectivity index (χ1) is 39.1. The number of nitrogens with zero attached hydrogens (tertiary/aromatic N) is 5. The van der Waals surface area contributed by atoms with Crippen LogP contribution in [0.5, 0.6) is 0 Å². The fourth-order valence-corrected chi connectivity index (χ4v) is 13.2. The maximum absolute atomic E-state index is 7.11. The maximum Gasteiger partial charge on any atom is 0.494 e. The van der Waals surface area contributed by atoms with Crippen molar-refractivity contribution < 1.29 is 13.7 Å². The summed E-state index contributed by atoms with van der Waals surface area (Å²) >= 11 is 5.50. The van der Waals surface area contributed by atoms with Gasteiger partial charge in [-0.05, 0) is 122 Å². The highest BCUT2D eigenvalue weighted by Crippen LogP contribution is 2.54. The third kappa shape index (κ3) is 8.26. The first kappa shape index (κ1) is 48.5. The lowest BCUT2D eigenvalue weighted by Crippen LogP contribution is -2.46. The van der Waals surface area contributed by atoms with E-state index in [0.717, 1.165) is 104 Å². The van der Waals surface area contributed by atoms with Crippen molar-refractivity contribution in [2.75, 3.05) is 4.90 Å². The second-order valence-corrected chi connectivity index (χ2v) is 23.4. The zero-order valence-electron chi connectivity index (χ0n) is 44.0. The smallest absolute Gasteiger partial charge is 0.454 e. The molecule has 0 saturated carbocycles. The number of hydrogen-bond donors (Lipinski definition) is 0. The Balaban J connectivity index is 0.728. The van der Waals surface area contributed by atoms with E-state index in [1.54, 1.807) is 11.8 Å². The van der Waals surface area contributed by atoms with Crippen LogP contribution in [0.15, 0.2) is 249 Å². The molecule has 1 saturated heterocycles. The third-order valence-electron chi connectivity index (χ3n) is 16.1. The molecule has 2 aliphatic rings. The van der Waals surface area contributed by atoms with E-state index in [1.165, 1.54) is 15.7 Å². The van der Waals surface area contributed by atoms with Gasteiger partial charge in [-0.2, -0.15) is 0 Å². The van der Waals surface area contributed by atoms with Crippen LogP contribution < -0.4 is 10.4 Å². The minimum atomic E-state index is -0.697. The highest BCUT2D eigenvalue weighted by molar-refractivity contribution is 9.10. The summed E-state index contributed by atoms with van der Waals surface area (Å²) < 4.78 is 24.0. The van der Waals surface area contributed by atoms with Gasteiger partial charge in [0.2, 0.25) is 0 Å². The van der Waals surface area contributed by atoms with Crippen LogP contribution in [-0.4, -0.2) is 37.8 Å². The van der Waals surface area contributed by atoms with E-state index in [9.17, 15) is 0 Å².